The molecule has 0 unspecified atom stereocenters. The highest BCUT2D eigenvalue weighted by molar-refractivity contribution is 5.89. The Morgan fingerprint density at radius 1 is 1.15 bits per heavy atom. The van der Waals surface area contributed by atoms with E-state index < -0.39 is 0 Å². The zero-order valence-electron chi connectivity index (χ0n) is 11.0. The highest BCUT2D eigenvalue weighted by Gasteiger charge is 2.20. The van der Waals surface area contributed by atoms with Crippen LogP contribution in [0.1, 0.15) is 5.56 Å². The first-order valence-corrected chi connectivity index (χ1v) is 6.38. The number of piperazine rings is 1. The van der Waals surface area contributed by atoms with Crippen LogP contribution in [0.3, 0.4) is 0 Å². The van der Waals surface area contributed by atoms with Gasteiger partial charge in [-0.25, -0.2) is 4.79 Å². The van der Waals surface area contributed by atoms with Crippen molar-refractivity contribution in [3.63, 3.8) is 0 Å². The molecule has 6 heteroatoms. The van der Waals surface area contributed by atoms with Crippen molar-refractivity contribution in [2.75, 3.05) is 38.0 Å². The Bertz CT molecular complexity index is 546. The first-order valence-electron chi connectivity index (χ1n) is 6.38. The van der Waals surface area contributed by atoms with E-state index in [4.69, 9.17) is 10.5 Å². The Morgan fingerprint density at radius 2 is 1.80 bits per heavy atom. The van der Waals surface area contributed by atoms with E-state index >= 15 is 0 Å². The van der Waals surface area contributed by atoms with E-state index in [2.05, 4.69) is 11.4 Å². The van der Waals surface area contributed by atoms with Crippen LogP contribution in [0.25, 0.3) is 0 Å². The summed E-state index contributed by atoms with van der Waals surface area (Å²) in [5, 5.41) is 20.1. The highest BCUT2D eigenvalue weighted by Crippen LogP contribution is 2.10. The van der Waals surface area contributed by atoms with Gasteiger partial charge in [-0.1, -0.05) is 0 Å². The summed E-state index contributed by atoms with van der Waals surface area (Å²) >= 11 is 0. The molecule has 1 aliphatic heterocycles. The number of nitrogens with one attached hydrogen (secondary N) is 1. The fraction of sp³-hybridized carbons (Fsp3) is 0.357. The second-order valence-corrected chi connectivity index (χ2v) is 4.54. The van der Waals surface area contributed by atoms with Gasteiger partial charge in [-0.15, -0.1) is 0 Å². The number of nitrogens with zero attached hydrogens (tertiary/aromatic N) is 4. The Balaban J connectivity index is 1.86. The number of carbonyl (C=O) groups excluding carboxylic acids is 1. The molecule has 1 aromatic carbocycles. The summed E-state index contributed by atoms with van der Waals surface area (Å²) in [6.45, 7) is 3.07. The average molecular weight is 269 g/mol. The molecular weight excluding hydrogens is 254 g/mol. The largest absolute Gasteiger partial charge is 0.322 e. The van der Waals surface area contributed by atoms with Gasteiger partial charge in [0.15, 0.2) is 0 Å². The van der Waals surface area contributed by atoms with Crippen molar-refractivity contribution < 1.29 is 4.79 Å². The summed E-state index contributed by atoms with van der Waals surface area (Å²) in [7, 11) is 0. The van der Waals surface area contributed by atoms with Crippen molar-refractivity contribution in [2.45, 2.75) is 0 Å². The van der Waals surface area contributed by atoms with Crippen LogP contribution in [0, 0.1) is 22.7 Å². The zero-order chi connectivity index (χ0) is 14.4. The van der Waals surface area contributed by atoms with Crippen molar-refractivity contribution in [1.29, 1.82) is 10.5 Å². The smallest absolute Gasteiger partial charge is 0.321 e. The van der Waals surface area contributed by atoms with Crippen LogP contribution in [0.2, 0.25) is 0 Å². The molecule has 0 aliphatic carbocycles. The molecule has 0 spiro atoms. The van der Waals surface area contributed by atoms with Gasteiger partial charge in [-0.05, 0) is 24.3 Å². The number of nitriles is 2. The summed E-state index contributed by atoms with van der Waals surface area (Å²) < 4.78 is 0. The number of urea groups is 1. The average Bonchev–Trinajstić information content (AvgIpc) is 2.49. The summed E-state index contributed by atoms with van der Waals surface area (Å²) in [6.07, 6.45) is 0. The van der Waals surface area contributed by atoms with Gasteiger partial charge in [0.05, 0.1) is 24.2 Å². The molecule has 6 nitrogen and oxygen atoms in total. The molecule has 1 N–H and O–H groups in total. The molecule has 20 heavy (non-hydrogen) atoms. The maximum Gasteiger partial charge on any atom is 0.321 e. The van der Waals surface area contributed by atoms with Gasteiger partial charge in [0.1, 0.15) is 0 Å². The maximum atomic E-state index is 12.1. The Labute approximate surface area is 117 Å². The Morgan fingerprint density at radius 3 is 2.35 bits per heavy atom. The lowest BCUT2D eigenvalue weighted by atomic mass is 10.2. The van der Waals surface area contributed by atoms with Crippen molar-refractivity contribution in [2.24, 2.45) is 0 Å². The zero-order valence-corrected chi connectivity index (χ0v) is 11.0. The van der Waals surface area contributed by atoms with E-state index in [1.54, 1.807) is 29.2 Å². The molecular formula is C14H15N5O. The van der Waals surface area contributed by atoms with Crippen LogP contribution in [0.5, 0.6) is 0 Å². The van der Waals surface area contributed by atoms with Gasteiger partial charge in [-0.3, -0.25) is 4.90 Å². The normalized spacial score (nSPS) is 15.2. The first-order chi connectivity index (χ1) is 9.72. The van der Waals surface area contributed by atoms with Gasteiger partial charge < -0.3 is 10.2 Å². The highest BCUT2D eigenvalue weighted by atomic mass is 16.2. The lowest BCUT2D eigenvalue weighted by molar-refractivity contribution is 0.156. The van der Waals surface area contributed by atoms with Gasteiger partial charge >= 0.3 is 6.03 Å². The number of carbonyl (C=O) groups is 1. The van der Waals surface area contributed by atoms with Gasteiger partial charge in [0, 0.05) is 31.9 Å². The molecule has 1 fully saturated rings. The van der Waals surface area contributed by atoms with E-state index in [0.29, 0.717) is 44.0 Å². The molecule has 0 bridgehead atoms. The fourth-order valence-corrected chi connectivity index (χ4v) is 2.04. The molecule has 102 valence electrons. The van der Waals surface area contributed by atoms with Crippen molar-refractivity contribution in [3.8, 4) is 12.1 Å². The predicted molar refractivity (Wildman–Crippen MR) is 73.8 cm³/mol. The summed E-state index contributed by atoms with van der Waals surface area (Å²) in [5.74, 6) is 0. The van der Waals surface area contributed by atoms with Gasteiger partial charge in [0.2, 0.25) is 0 Å². The third-order valence-corrected chi connectivity index (χ3v) is 3.22. The monoisotopic (exact) mass is 269 g/mol. The van der Waals surface area contributed by atoms with Crippen LogP contribution in [-0.4, -0.2) is 48.6 Å². The van der Waals surface area contributed by atoms with E-state index in [9.17, 15) is 4.79 Å². The lowest BCUT2D eigenvalue weighted by Gasteiger charge is -2.33. The lowest BCUT2D eigenvalue weighted by Crippen LogP contribution is -2.49. The molecule has 0 atom stereocenters. The topological polar surface area (TPSA) is 83.2 Å². The number of hydrogen-bond donors (Lipinski definition) is 1. The van der Waals surface area contributed by atoms with E-state index in [1.165, 1.54) is 0 Å². The first kappa shape index (κ1) is 13.9. The number of hydrogen-bond acceptors (Lipinski definition) is 4. The Hall–Kier alpha value is -2.57. The van der Waals surface area contributed by atoms with Gasteiger partial charge in [-0.2, -0.15) is 10.5 Å². The number of benzene rings is 1. The minimum Gasteiger partial charge on any atom is -0.322 e. The van der Waals surface area contributed by atoms with E-state index in [1.807, 2.05) is 11.0 Å². The molecule has 0 saturated carbocycles. The van der Waals surface area contributed by atoms with Crippen LogP contribution in [0.4, 0.5) is 10.5 Å². The second-order valence-electron chi connectivity index (χ2n) is 4.54. The van der Waals surface area contributed by atoms with Crippen molar-refractivity contribution in [1.82, 2.24) is 9.80 Å². The standard InChI is InChI=1S/C14H15N5O/c15-5-6-18-7-9-19(10-8-18)14(20)17-13-3-1-12(11-16)2-4-13/h1-4H,6-10H2,(H,17,20). The molecule has 1 aromatic rings. The van der Waals surface area contributed by atoms with Crippen LogP contribution < -0.4 is 5.32 Å². The predicted octanol–water partition coefficient (Wildman–Crippen LogP) is 1.23. The third-order valence-electron chi connectivity index (χ3n) is 3.22. The van der Waals surface area contributed by atoms with E-state index in [-0.39, 0.29) is 6.03 Å². The molecule has 1 aliphatic rings. The quantitative estimate of drug-likeness (QED) is 0.818. The molecule has 0 aromatic heterocycles. The van der Waals surface area contributed by atoms with Crippen LogP contribution in [0.15, 0.2) is 24.3 Å². The molecule has 1 heterocycles. The summed E-state index contributed by atoms with van der Waals surface area (Å²) in [4.78, 5) is 15.8. The molecule has 2 rings (SSSR count). The third kappa shape index (κ3) is 3.47. The molecule has 1 saturated heterocycles. The summed E-state index contributed by atoms with van der Waals surface area (Å²) in [5.41, 5.74) is 1.24. The van der Waals surface area contributed by atoms with Gasteiger partial charge in [0.25, 0.3) is 0 Å². The number of anilines is 1. The minimum atomic E-state index is -0.147. The van der Waals surface area contributed by atoms with E-state index in [0.717, 1.165) is 0 Å². The molecule has 2 amide bonds. The van der Waals surface area contributed by atoms with Crippen molar-refractivity contribution in [3.05, 3.63) is 29.8 Å². The minimum absolute atomic E-state index is 0.147. The molecule has 0 radical (unpaired) electrons. The SMILES string of the molecule is N#CCN1CCN(C(=O)Nc2ccc(C#N)cc2)CC1. The summed E-state index contributed by atoms with van der Waals surface area (Å²) in [6, 6.07) is 10.8. The van der Waals surface area contributed by atoms with Crippen LogP contribution >= 0.6 is 0 Å². The maximum absolute atomic E-state index is 12.1. The number of amides is 2. The fourth-order valence-electron chi connectivity index (χ4n) is 2.04. The Kier molecular flexibility index (Phi) is 4.54. The van der Waals surface area contributed by atoms with Crippen molar-refractivity contribution >= 4 is 11.7 Å². The van der Waals surface area contributed by atoms with Crippen LogP contribution in [-0.2, 0) is 0 Å². The number of rotatable bonds is 2. The second kappa shape index (κ2) is 6.55.